The van der Waals surface area contributed by atoms with E-state index in [0.29, 0.717) is 18.8 Å². The summed E-state index contributed by atoms with van der Waals surface area (Å²) < 4.78 is 5.49. The van der Waals surface area contributed by atoms with Gasteiger partial charge in [0.15, 0.2) is 11.7 Å². The Morgan fingerprint density at radius 2 is 1.80 bits per heavy atom. The van der Waals surface area contributed by atoms with E-state index in [1.165, 1.54) is 17.7 Å². The highest BCUT2D eigenvalue weighted by Crippen LogP contribution is 2.51. The van der Waals surface area contributed by atoms with Crippen LogP contribution in [0.5, 0.6) is 0 Å². The van der Waals surface area contributed by atoms with E-state index in [9.17, 15) is 4.79 Å². The Morgan fingerprint density at radius 1 is 1.10 bits per heavy atom. The van der Waals surface area contributed by atoms with Gasteiger partial charge in [0.05, 0.1) is 12.8 Å². The molecule has 0 bridgehead atoms. The van der Waals surface area contributed by atoms with Crippen molar-refractivity contribution in [2.24, 2.45) is 4.99 Å². The molecule has 1 saturated heterocycles. The van der Waals surface area contributed by atoms with E-state index in [0.717, 1.165) is 32.1 Å². The van der Waals surface area contributed by atoms with Crippen LogP contribution >= 0.6 is 35.7 Å². The summed E-state index contributed by atoms with van der Waals surface area (Å²) in [4.78, 5) is 22.9. The quantitative estimate of drug-likeness (QED) is 0.342. The summed E-state index contributed by atoms with van der Waals surface area (Å²) in [6, 6.07) is 14.1. The molecule has 30 heavy (non-hydrogen) atoms. The predicted octanol–water partition coefficient (Wildman–Crippen LogP) is 3.95. The molecule has 0 radical (unpaired) electrons. The van der Waals surface area contributed by atoms with Gasteiger partial charge in [-0.1, -0.05) is 18.2 Å². The number of piperazine rings is 1. The van der Waals surface area contributed by atoms with Gasteiger partial charge in [0, 0.05) is 42.4 Å². The Bertz CT molecular complexity index is 832. The lowest BCUT2D eigenvalue weighted by Gasteiger charge is -2.36. The van der Waals surface area contributed by atoms with Crippen LogP contribution in [0.15, 0.2) is 63.0 Å². The summed E-state index contributed by atoms with van der Waals surface area (Å²) in [6.07, 6.45) is 3.96. The number of thioether (sulfide) groups is 1. The van der Waals surface area contributed by atoms with Crippen LogP contribution in [0.25, 0.3) is 0 Å². The number of nitrogens with zero attached hydrogens (tertiary/aromatic N) is 3. The van der Waals surface area contributed by atoms with Crippen molar-refractivity contribution >= 4 is 47.6 Å². The van der Waals surface area contributed by atoms with E-state index in [4.69, 9.17) is 9.41 Å². The molecule has 2 fully saturated rings. The van der Waals surface area contributed by atoms with E-state index in [2.05, 4.69) is 47.5 Å². The molecule has 4 rings (SSSR count). The number of aliphatic imine (C=N–C) groups is 1. The highest BCUT2D eigenvalue weighted by molar-refractivity contribution is 14.0. The Balaban J connectivity index is 0.00000256. The van der Waals surface area contributed by atoms with Gasteiger partial charge in [-0.15, -0.1) is 35.7 Å². The predicted molar refractivity (Wildman–Crippen MR) is 132 cm³/mol. The number of hydrogen-bond acceptors (Lipinski definition) is 4. The molecule has 1 saturated carbocycles. The highest BCUT2D eigenvalue weighted by atomic mass is 127. The number of benzene rings is 1. The maximum absolute atomic E-state index is 12.5. The molecule has 2 heterocycles. The van der Waals surface area contributed by atoms with Crippen LogP contribution in [0.4, 0.5) is 0 Å². The number of nitrogens with one attached hydrogen (secondary N) is 1. The number of rotatable bonds is 6. The summed E-state index contributed by atoms with van der Waals surface area (Å²) in [7, 11) is 0. The van der Waals surface area contributed by atoms with Gasteiger partial charge in [-0.25, -0.2) is 0 Å². The minimum atomic E-state index is -0.0345. The van der Waals surface area contributed by atoms with Crippen LogP contribution in [0, 0.1) is 0 Å². The van der Waals surface area contributed by atoms with Crippen molar-refractivity contribution < 1.29 is 9.21 Å². The largest absolute Gasteiger partial charge is 0.459 e. The fraction of sp³-hybridized carbons (Fsp3) is 0.455. The fourth-order valence-corrected chi connectivity index (χ4v) is 4.72. The molecule has 8 heteroatoms. The first-order chi connectivity index (χ1) is 14.2. The van der Waals surface area contributed by atoms with Gasteiger partial charge in [0.1, 0.15) is 0 Å². The van der Waals surface area contributed by atoms with E-state index < -0.39 is 0 Å². The second kappa shape index (κ2) is 10.6. The molecule has 1 aliphatic heterocycles. The third-order valence-electron chi connectivity index (χ3n) is 5.34. The number of furan rings is 1. The zero-order valence-corrected chi connectivity index (χ0v) is 20.4. The Labute approximate surface area is 199 Å². The van der Waals surface area contributed by atoms with Crippen molar-refractivity contribution in [3.05, 3.63) is 54.5 Å². The van der Waals surface area contributed by atoms with E-state index >= 15 is 0 Å². The van der Waals surface area contributed by atoms with Crippen LogP contribution in [-0.4, -0.2) is 65.7 Å². The summed E-state index contributed by atoms with van der Waals surface area (Å²) >= 11 is 1.95. The summed E-state index contributed by atoms with van der Waals surface area (Å²) in [5.74, 6) is 1.33. The number of carbonyl (C=O) groups excluding carboxylic acids is 1. The maximum Gasteiger partial charge on any atom is 0.289 e. The fourth-order valence-electron chi connectivity index (χ4n) is 3.49. The first-order valence-corrected chi connectivity index (χ1v) is 11.1. The van der Waals surface area contributed by atoms with Gasteiger partial charge in [0.25, 0.3) is 5.91 Å². The lowest BCUT2D eigenvalue weighted by atomic mass is 10.3. The Kier molecular flexibility index (Phi) is 8.10. The van der Waals surface area contributed by atoms with Crippen molar-refractivity contribution in [3.8, 4) is 0 Å². The minimum Gasteiger partial charge on any atom is -0.459 e. The molecule has 2 aliphatic rings. The Hall–Kier alpha value is -1.68. The normalized spacial score (nSPS) is 18.0. The summed E-state index contributed by atoms with van der Waals surface area (Å²) in [5, 5.41) is 3.43. The minimum absolute atomic E-state index is 0. The highest BCUT2D eigenvalue weighted by Gasteiger charge is 2.43. The average molecular weight is 540 g/mol. The SMILES string of the molecule is CCNC(=NCC1(Sc2ccccc2)CC1)N1CCN(C(=O)c2ccco2)CC1.I. The molecule has 0 spiro atoms. The lowest BCUT2D eigenvalue weighted by molar-refractivity contribution is 0.0657. The molecule has 0 unspecified atom stereocenters. The van der Waals surface area contributed by atoms with Gasteiger partial charge in [-0.3, -0.25) is 9.79 Å². The second-order valence-electron chi connectivity index (χ2n) is 7.52. The summed E-state index contributed by atoms with van der Waals surface area (Å²) in [6.45, 7) is 6.65. The smallest absolute Gasteiger partial charge is 0.289 e. The second-order valence-corrected chi connectivity index (χ2v) is 9.07. The van der Waals surface area contributed by atoms with Crippen molar-refractivity contribution in [2.45, 2.75) is 29.4 Å². The number of guanidine groups is 1. The molecule has 2 aromatic rings. The Morgan fingerprint density at radius 3 is 2.40 bits per heavy atom. The number of carbonyl (C=O) groups is 1. The molecule has 6 nitrogen and oxygen atoms in total. The van der Waals surface area contributed by atoms with Crippen LogP contribution < -0.4 is 5.32 Å². The first-order valence-electron chi connectivity index (χ1n) is 10.3. The third-order valence-corrected chi connectivity index (χ3v) is 6.81. The molecule has 1 amide bonds. The van der Waals surface area contributed by atoms with Crippen molar-refractivity contribution in [1.82, 2.24) is 15.1 Å². The summed E-state index contributed by atoms with van der Waals surface area (Å²) in [5.41, 5.74) is 0. The molecule has 1 aromatic heterocycles. The van der Waals surface area contributed by atoms with Crippen LogP contribution in [0.3, 0.4) is 0 Å². The number of amides is 1. The molecule has 162 valence electrons. The van der Waals surface area contributed by atoms with Crippen LogP contribution in [0.1, 0.15) is 30.3 Å². The van der Waals surface area contributed by atoms with Gasteiger partial charge in [-0.05, 0) is 44.0 Å². The zero-order chi connectivity index (χ0) is 20.1. The van der Waals surface area contributed by atoms with E-state index in [1.807, 2.05) is 16.7 Å². The average Bonchev–Trinajstić information content (AvgIpc) is 3.29. The zero-order valence-electron chi connectivity index (χ0n) is 17.3. The third kappa shape index (κ3) is 5.72. The molecule has 1 aromatic carbocycles. The standard InChI is InChI=1S/C22H28N4O2S.HI/c1-2-23-21(24-17-22(10-11-22)29-18-7-4-3-5-8-18)26-14-12-25(13-15-26)20(27)19-9-6-16-28-19;/h3-9,16H,2,10-15,17H2,1H3,(H,23,24);1H. The molecular weight excluding hydrogens is 511 g/mol. The van der Waals surface area contributed by atoms with Gasteiger partial charge in [0.2, 0.25) is 0 Å². The molecule has 1 N–H and O–H groups in total. The van der Waals surface area contributed by atoms with E-state index in [1.54, 1.807) is 18.4 Å². The molecular formula is C22H29IN4O2S. The molecule has 0 atom stereocenters. The first kappa shape index (κ1) is 23.0. The van der Waals surface area contributed by atoms with E-state index in [-0.39, 0.29) is 34.6 Å². The molecule has 1 aliphatic carbocycles. The monoisotopic (exact) mass is 540 g/mol. The lowest BCUT2D eigenvalue weighted by Crippen LogP contribution is -2.53. The van der Waals surface area contributed by atoms with Crippen molar-refractivity contribution in [3.63, 3.8) is 0 Å². The number of hydrogen-bond donors (Lipinski definition) is 1. The van der Waals surface area contributed by atoms with Gasteiger partial charge in [-0.2, -0.15) is 0 Å². The van der Waals surface area contributed by atoms with Gasteiger partial charge >= 0.3 is 0 Å². The topological polar surface area (TPSA) is 61.1 Å². The maximum atomic E-state index is 12.5. The van der Waals surface area contributed by atoms with Crippen LogP contribution in [0.2, 0.25) is 0 Å². The van der Waals surface area contributed by atoms with Crippen LogP contribution in [-0.2, 0) is 0 Å². The van der Waals surface area contributed by atoms with Crippen molar-refractivity contribution in [2.75, 3.05) is 39.3 Å². The number of halogens is 1. The van der Waals surface area contributed by atoms with Gasteiger partial charge < -0.3 is 19.5 Å². The van der Waals surface area contributed by atoms with Crippen molar-refractivity contribution in [1.29, 1.82) is 0 Å².